The molecular weight excluding hydrogens is 226 g/mol. The lowest BCUT2D eigenvalue weighted by Crippen LogP contribution is -2.30. The van der Waals surface area contributed by atoms with Gasteiger partial charge in [-0.05, 0) is 38.3 Å². The third-order valence-electron chi connectivity index (χ3n) is 2.75. The van der Waals surface area contributed by atoms with Crippen LogP contribution in [-0.2, 0) is 0 Å². The van der Waals surface area contributed by atoms with Crippen molar-refractivity contribution in [1.29, 1.82) is 0 Å². The first kappa shape index (κ1) is 11.6. The molecule has 1 atom stereocenters. The Morgan fingerprint density at radius 1 is 1.44 bits per heavy atom. The van der Waals surface area contributed by atoms with Gasteiger partial charge in [-0.15, -0.1) is 0 Å². The third kappa shape index (κ3) is 3.61. The van der Waals surface area contributed by atoms with E-state index in [1.54, 1.807) is 12.4 Å². The van der Waals surface area contributed by atoms with Gasteiger partial charge in [-0.25, -0.2) is 9.97 Å². The molecule has 0 aromatic carbocycles. The van der Waals surface area contributed by atoms with Crippen LogP contribution in [-0.4, -0.2) is 29.7 Å². The van der Waals surface area contributed by atoms with Gasteiger partial charge >= 0.3 is 6.01 Å². The maximum Gasteiger partial charge on any atom is 0.316 e. The fraction of sp³-hybridized carbons (Fsp3) is 0.636. The van der Waals surface area contributed by atoms with Crippen molar-refractivity contribution < 1.29 is 4.74 Å². The van der Waals surface area contributed by atoms with E-state index < -0.39 is 0 Å². The monoisotopic (exact) mass is 241 g/mol. The van der Waals surface area contributed by atoms with E-state index in [9.17, 15) is 0 Å². The number of halogens is 1. The van der Waals surface area contributed by atoms with Crippen molar-refractivity contribution in [1.82, 2.24) is 15.3 Å². The largest absolute Gasteiger partial charge is 0.463 e. The molecule has 0 saturated carbocycles. The van der Waals surface area contributed by atoms with Crippen molar-refractivity contribution in [3.63, 3.8) is 0 Å². The predicted molar refractivity (Wildman–Crippen MR) is 62.7 cm³/mol. The fourth-order valence-corrected chi connectivity index (χ4v) is 1.96. The summed E-state index contributed by atoms with van der Waals surface area (Å²) in [6.45, 7) is 2.93. The van der Waals surface area contributed by atoms with Gasteiger partial charge in [0.2, 0.25) is 0 Å². The van der Waals surface area contributed by atoms with Gasteiger partial charge in [-0.2, -0.15) is 0 Å². The summed E-state index contributed by atoms with van der Waals surface area (Å²) in [6.07, 6.45) is 6.71. The van der Waals surface area contributed by atoms with Gasteiger partial charge in [-0.3, -0.25) is 0 Å². The molecular formula is C11H16ClN3O. The average Bonchev–Trinajstić information content (AvgIpc) is 2.33. The molecule has 1 aromatic heterocycles. The molecule has 1 aliphatic rings. The van der Waals surface area contributed by atoms with Gasteiger partial charge < -0.3 is 10.1 Å². The van der Waals surface area contributed by atoms with Gasteiger partial charge in [0.25, 0.3) is 0 Å². The maximum absolute atomic E-state index is 5.68. The Bertz CT molecular complexity index is 312. The van der Waals surface area contributed by atoms with E-state index >= 15 is 0 Å². The summed E-state index contributed by atoms with van der Waals surface area (Å²) in [5.41, 5.74) is 0. The molecule has 0 radical (unpaired) electrons. The summed E-state index contributed by atoms with van der Waals surface area (Å²) in [6, 6.07) is 0.410. The predicted octanol–water partition coefficient (Wildman–Crippen LogP) is 1.90. The van der Waals surface area contributed by atoms with Crippen LogP contribution in [0.15, 0.2) is 12.4 Å². The zero-order valence-corrected chi connectivity index (χ0v) is 9.91. The first-order valence-corrected chi connectivity index (χ1v) is 6.03. The summed E-state index contributed by atoms with van der Waals surface area (Å²) >= 11 is 5.68. The van der Waals surface area contributed by atoms with Crippen molar-refractivity contribution >= 4 is 11.6 Å². The first-order chi connectivity index (χ1) is 7.84. The summed E-state index contributed by atoms with van der Waals surface area (Å²) in [5.74, 6) is 0.723. The standard InChI is InChI=1S/C11H16ClN3O/c12-10-7-14-11(15-8-10)16-5-3-9-2-1-4-13-6-9/h7-9,13H,1-6H2. The van der Waals surface area contributed by atoms with Crippen LogP contribution in [0.5, 0.6) is 6.01 Å². The van der Waals surface area contributed by atoms with Crippen LogP contribution < -0.4 is 10.1 Å². The Labute approximate surface area is 100 Å². The molecule has 1 aliphatic heterocycles. The molecule has 4 nitrogen and oxygen atoms in total. The second-order valence-corrected chi connectivity index (χ2v) is 4.47. The first-order valence-electron chi connectivity index (χ1n) is 5.65. The minimum absolute atomic E-state index is 0.410. The highest BCUT2D eigenvalue weighted by Gasteiger charge is 2.12. The van der Waals surface area contributed by atoms with E-state index in [1.807, 2.05) is 0 Å². The normalized spacial score (nSPS) is 20.7. The van der Waals surface area contributed by atoms with Crippen LogP contribution in [0, 0.1) is 5.92 Å². The van der Waals surface area contributed by atoms with Crippen LogP contribution in [0.4, 0.5) is 0 Å². The van der Waals surface area contributed by atoms with E-state index in [2.05, 4.69) is 15.3 Å². The third-order valence-corrected chi connectivity index (χ3v) is 2.95. The quantitative estimate of drug-likeness (QED) is 0.875. The SMILES string of the molecule is Clc1cnc(OCCC2CCCNC2)nc1. The number of aromatic nitrogens is 2. The van der Waals surface area contributed by atoms with Gasteiger partial charge in [-0.1, -0.05) is 11.6 Å². The second-order valence-electron chi connectivity index (χ2n) is 4.03. The molecule has 1 fully saturated rings. The lowest BCUT2D eigenvalue weighted by Gasteiger charge is -2.22. The summed E-state index contributed by atoms with van der Waals surface area (Å²) in [4.78, 5) is 7.96. The molecule has 1 saturated heterocycles. The topological polar surface area (TPSA) is 47.0 Å². The van der Waals surface area contributed by atoms with Crippen molar-refractivity contribution in [2.45, 2.75) is 19.3 Å². The van der Waals surface area contributed by atoms with E-state index in [1.165, 1.54) is 12.8 Å². The molecule has 2 heterocycles. The Balaban J connectivity index is 1.69. The molecule has 1 unspecified atom stereocenters. The molecule has 2 rings (SSSR count). The number of piperidine rings is 1. The van der Waals surface area contributed by atoms with E-state index in [4.69, 9.17) is 16.3 Å². The van der Waals surface area contributed by atoms with Crippen molar-refractivity contribution in [2.24, 2.45) is 5.92 Å². The highest BCUT2D eigenvalue weighted by molar-refractivity contribution is 6.30. The number of ether oxygens (including phenoxy) is 1. The Hall–Kier alpha value is -0.870. The van der Waals surface area contributed by atoms with Crippen molar-refractivity contribution in [3.05, 3.63) is 17.4 Å². The van der Waals surface area contributed by atoms with Crippen molar-refractivity contribution in [2.75, 3.05) is 19.7 Å². The second kappa shape index (κ2) is 6.01. The summed E-state index contributed by atoms with van der Waals surface area (Å²) < 4.78 is 5.46. The summed E-state index contributed by atoms with van der Waals surface area (Å²) in [7, 11) is 0. The van der Waals surface area contributed by atoms with Crippen molar-refractivity contribution in [3.8, 4) is 6.01 Å². The lowest BCUT2D eigenvalue weighted by molar-refractivity contribution is 0.240. The number of nitrogens with zero attached hydrogens (tertiary/aromatic N) is 2. The maximum atomic E-state index is 5.68. The van der Waals surface area contributed by atoms with Crippen LogP contribution in [0.1, 0.15) is 19.3 Å². The van der Waals surface area contributed by atoms with E-state index in [0.717, 1.165) is 25.4 Å². The molecule has 88 valence electrons. The molecule has 0 bridgehead atoms. The average molecular weight is 242 g/mol. The van der Waals surface area contributed by atoms with Crippen LogP contribution in [0.25, 0.3) is 0 Å². The van der Waals surface area contributed by atoms with E-state index in [0.29, 0.717) is 17.6 Å². The minimum Gasteiger partial charge on any atom is -0.463 e. The molecule has 1 aromatic rings. The van der Waals surface area contributed by atoms with Crippen LogP contribution in [0.2, 0.25) is 5.02 Å². The van der Waals surface area contributed by atoms with Crippen LogP contribution >= 0.6 is 11.6 Å². The molecule has 0 aliphatic carbocycles. The smallest absolute Gasteiger partial charge is 0.316 e. The molecule has 0 amide bonds. The highest BCUT2D eigenvalue weighted by Crippen LogP contribution is 2.14. The number of nitrogens with one attached hydrogen (secondary N) is 1. The lowest BCUT2D eigenvalue weighted by atomic mass is 9.97. The van der Waals surface area contributed by atoms with Gasteiger partial charge in [0.1, 0.15) is 0 Å². The fourth-order valence-electron chi connectivity index (χ4n) is 1.86. The van der Waals surface area contributed by atoms with Crippen LogP contribution in [0.3, 0.4) is 0 Å². The number of hydrogen-bond donors (Lipinski definition) is 1. The Morgan fingerprint density at radius 2 is 2.25 bits per heavy atom. The molecule has 16 heavy (non-hydrogen) atoms. The van der Waals surface area contributed by atoms with E-state index in [-0.39, 0.29) is 0 Å². The highest BCUT2D eigenvalue weighted by atomic mass is 35.5. The molecule has 0 spiro atoms. The molecule has 5 heteroatoms. The molecule has 1 N–H and O–H groups in total. The Morgan fingerprint density at radius 3 is 2.94 bits per heavy atom. The zero-order valence-electron chi connectivity index (χ0n) is 9.16. The number of rotatable bonds is 4. The summed E-state index contributed by atoms with van der Waals surface area (Å²) in [5, 5.41) is 3.92. The van der Waals surface area contributed by atoms with Gasteiger partial charge in [0.05, 0.1) is 24.0 Å². The van der Waals surface area contributed by atoms with Gasteiger partial charge in [0.15, 0.2) is 0 Å². The van der Waals surface area contributed by atoms with Gasteiger partial charge in [0, 0.05) is 0 Å². The Kier molecular flexibility index (Phi) is 4.36. The number of hydrogen-bond acceptors (Lipinski definition) is 4. The minimum atomic E-state index is 0.410. The zero-order chi connectivity index (χ0) is 11.2.